The lowest BCUT2D eigenvalue weighted by atomic mass is 9.78. The maximum Gasteiger partial charge on any atom is 0.0561 e. The van der Waals surface area contributed by atoms with Gasteiger partial charge in [0.05, 0.1) is 11.0 Å². The summed E-state index contributed by atoms with van der Waals surface area (Å²) in [6.07, 6.45) is 0. The molecule has 9 aromatic rings. The molecule has 2 heteroatoms. The summed E-state index contributed by atoms with van der Waals surface area (Å²) < 4.78 is 2.42. The fourth-order valence-corrected chi connectivity index (χ4v) is 7.74. The molecule has 53 heavy (non-hydrogen) atoms. The zero-order valence-corrected chi connectivity index (χ0v) is 30.0. The van der Waals surface area contributed by atoms with E-state index in [0.717, 1.165) is 22.7 Å². The zero-order valence-electron chi connectivity index (χ0n) is 30.0. The molecule has 1 aromatic heterocycles. The van der Waals surface area contributed by atoms with Crippen LogP contribution in [0, 0.1) is 0 Å². The number of hydrogen-bond donors (Lipinski definition) is 0. The van der Waals surface area contributed by atoms with E-state index in [9.17, 15) is 0 Å². The van der Waals surface area contributed by atoms with Gasteiger partial charge >= 0.3 is 0 Å². The van der Waals surface area contributed by atoms with E-state index in [-0.39, 0.29) is 5.41 Å². The van der Waals surface area contributed by atoms with Crippen molar-refractivity contribution in [2.45, 2.75) is 19.3 Å². The third-order valence-corrected chi connectivity index (χ3v) is 10.7. The molecule has 0 aliphatic rings. The number of nitrogens with zero attached hydrogens (tertiary/aromatic N) is 2. The first-order chi connectivity index (χ1) is 26.0. The van der Waals surface area contributed by atoms with Crippen molar-refractivity contribution in [1.82, 2.24) is 4.57 Å². The van der Waals surface area contributed by atoms with Gasteiger partial charge in [0, 0.05) is 38.9 Å². The van der Waals surface area contributed by atoms with Gasteiger partial charge in [-0.1, -0.05) is 166 Å². The molecule has 0 aliphatic carbocycles. The van der Waals surface area contributed by atoms with E-state index >= 15 is 0 Å². The van der Waals surface area contributed by atoms with Crippen LogP contribution in [0.1, 0.15) is 25.0 Å². The summed E-state index contributed by atoms with van der Waals surface area (Å²) in [6, 6.07) is 74.6. The van der Waals surface area contributed by atoms with Gasteiger partial charge in [0.2, 0.25) is 0 Å². The Labute approximate surface area is 311 Å². The van der Waals surface area contributed by atoms with Crippen LogP contribution in [0.25, 0.3) is 49.7 Å². The SMILES string of the molecule is CC(C)(c1ccccc1)c1ccc(-n2c3ccccc3c3ccc(N(c4ccc(-c5ccccc5)cc4)c4ccc(-c5ccccc5)cc4)cc32)cc1. The molecule has 0 aliphatic heterocycles. The Hall–Kier alpha value is -6.64. The van der Waals surface area contributed by atoms with E-state index in [1.54, 1.807) is 0 Å². The maximum absolute atomic E-state index is 2.42. The summed E-state index contributed by atoms with van der Waals surface area (Å²) in [7, 11) is 0. The molecule has 2 nitrogen and oxygen atoms in total. The van der Waals surface area contributed by atoms with E-state index in [1.807, 2.05) is 0 Å². The normalized spacial score (nSPS) is 11.6. The van der Waals surface area contributed by atoms with Crippen molar-refractivity contribution >= 4 is 38.9 Å². The summed E-state index contributed by atoms with van der Waals surface area (Å²) in [4.78, 5) is 2.37. The quantitative estimate of drug-likeness (QED) is 0.155. The largest absolute Gasteiger partial charge is 0.310 e. The van der Waals surface area contributed by atoms with Crippen molar-refractivity contribution < 1.29 is 0 Å². The van der Waals surface area contributed by atoms with Crippen LogP contribution < -0.4 is 4.90 Å². The van der Waals surface area contributed by atoms with Crippen LogP contribution in [0.15, 0.2) is 206 Å². The highest BCUT2D eigenvalue weighted by Gasteiger charge is 2.23. The van der Waals surface area contributed by atoms with Gasteiger partial charge in [0.15, 0.2) is 0 Å². The van der Waals surface area contributed by atoms with Crippen LogP contribution in [-0.2, 0) is 5.41 Å². The lowest BCUT2D eigenvalue weighted by molar-refractivity contribution is 0.641. The van der Waals surface area contributed by atoms with Crippen molar-refractivity contribution in [2.75, 3.05) is 4.90 Å². The second kappa shape index (κ2) is 13.5. The molecule has 0 spiro atoms. The first-order valence-corrected chi connectivity index (χ1v) is 18.4. The number of aromatic nitrogens is 1. The maximum atomic E-state index is 2.42. The average Bonchev–Trinajstić information content (AvgIpc) is 3.56. The van der Waals surface area contributed by atoms with Gasteiger partial charge in [-0.05, 0) is 88.0 Å². The monoisotopic (exact) mass is 680 g/mol. The fraction of sp³-hybridized carbons (Fsp3) is 0.0588. The first-order valence-electron chi connectivity index (χ1n) is 18.4. The Morgan fingerprint density at radius 2 is 0.792 bits per heavy atom. The number of fused-ring (bicyclic) bond motifs is 3. The molecule has 0 atom stereocenters. The minimum Gasteiger partial charge on any atom is -0.310 e. The van der Waals surface area contributed by atoms with E-state index in [2.05, 4.69) is 230 Å². The standard InChI is InChI=1S/C51H40N2/c1-51(2,41-18-10-5-11-19-41)42-26-32-45(33-27-42)53-49-21-13-12-20-47(49)48-35-34-46(36-50(48)53)52(43-28-22-39(23-29-43)37-14-6-3-7-15-37)44-30-24-40(25-31-44)38-16-8-4-9-17-38/h3-36H,1-2H3. The Bertz CT molecular complexity index is 2550. The highest BCUT2D eigenvalue weighted by Crippen LogP contribution is 2.41. The van der Waals surface area contributed by atoms with E-state index in [0.29, 0.717) is 0 Å². The van der Waals surface area contributed by atoms with Gasteiger partial charge in [-0.15, -0.1) is 0 Å². The number of hydrogen-bond acceptors (Lipinski definition) is 1. The average molecular weight is 681 g/mol. The lowest BCUT2D eigenvalue weighted by Crippen LogP contribution is -2.18. The predicted molar refractivity (Wildman–Crippen MR) is 225 cm³/mol. The number of para-hydroxylation sites is 1. The van der Waals surface area contributed by atoms with Gasteiger partial charge in [0.1, 0.15) is 0 Å². The molecular weight excluding hydrogens is 641 g/mol. The molecule has 0 amide bonds. The summed E-state index contributed by atoms with van der Waals surface area (Å²) in [5.41, 5.74) is 14.1. The van der Waals surface area contributed by atoms with Crippen LogP contribution in [0.5, 0.6) is 0 Å². The van der Waals surface area contributed by atoms with E-state index in [4.69, 9.17) is 0 Å². The van der Waals surface area contributed by atoms with Crippen LogP contribution in [0.2, 0.25) is 0 Å². The van der Waals surface area contributed by atoms with Gasteiger partial charge in [0.25, 0.3) is 0 Å². The van der Waals surface area contributed by atoms with Crippen molar-refractivity contribution in [2.24, 2.45) is 0 Å². The Morgan fingerprint density at radius 3 is 1.36 bits per heavy atom. The second-order valence-electron chi connectivity index (χ2n) is 14.3. The summed E-state index contributed by atoms with van der Waals surface area (Å²) >= 11 is 0. The molecule has 0 radical (unpaired) electrons. The molecule has 254 valence electrons. The molecule has 0 fully saturated rings. The molecule has 9 rings (SSSR count). The van der Waals surface area contributed by atoms with Gasteiger partial charge < -0.3 is 9.47 Å². The summed E-state index contributed by atoms with van der Waals surface area (Å²) in [6.45, 7) is 4.61. The van der Waals surface area contributed by atoms with Gasteiger partial charge in [-0.25, -0.2) is 0 Å². The highest BCUT2D eigenvalue weighted by molar-refractivity contribution is 6.10. The molecule has 1 heterocycles. The zero-order chi connectivity index (χ0) is 35.8. The number of rotatable bonds is 8. The Kier molecular flexibility index (Phi) is 8.21. The van der Waals surface area contributed by atoms with Gasteiger partial charge in [-0.3, -0.25) is 0 Å². The Morgan fingerprint density at radius 1 is 0.358 bits per heavy atom. The second-order valence-corrected chi connectivity index (χ2v) is 14.3. The molecule has 0 unspecified atom stereocenters. The lowest BCUT2D eigenvalue weighted by Gasteiger charge is -2.27. The minimum absolute atomic E-state index is 0.111. The highest BCUT2D eigenvalue weighted by atomic mass is 15.1. The first kappa shape index (κ1) is 32.3. The third-order valence-electron chi connectivity index (χ3n) is 10.7. The molecule has 0 saturated heterocycles. The Balaban J connectivity index is 1.18. The van der Waals surface area contributed by atoms with E-state index in [1.165, 1.54) is 55.2 Å². The molecular formula is C51H40N2. The fourth-order valence-electron chi connectivity index (χ4n) is 7.74. The van der Waals surface area contributed by atoms with Gasteiger partial charge in [-0.2, -0.15) is 0 Å². The van der Waals surface area contributed by atoms with E-state index < -0.39 is 0 Å². The van der Waals surface area contributed by atoms with Crippen molar-refractivity contribution in [3.63, 3.8) is 0 Å². The van der Waals surface area contributed by atoms with Crippen molar-refractivity contribution in [3.05, 3.63) is 217 Å². The van der Waals surface area contributed by atoms with Crippen LogP contribution in [0.3, 0.4) is 0 Å². The van der Waals surface area contributed by atoms with Crippen molar-refractivity contribution in [1.29, 1.82) is 0 Å². The summed E-state index contributed by atoms with van der Waals surface area (Å²) in [5, 5.41) is 2.48. The smallest absolute Gasteiger partial charge is 0.0561 e. The van der Waals surface area contributed by atoms with Crippen molar-refractivity contribution in [3.8, 4) is 27.9 Å². The minimum atomic E-state index is -0.111. The number of benzene rings is 8. The number of anilines is 3. The summed E-state index contributed by atoms with van der Waals surface area (Å²) in [5.74, 6) is 0. The molecule has 8 aromatic carbocycles. The molecule has 0 N–H and O–H groups in total. The topological polar surface area (TPSA) is 8.17 Å². The molecule has 0 saturated carbocycles. The van der Waals surface area contributed by atoms with Crippen LogP contribution in [0.4, 0.5) is 17.1 Å². The van der Waals surface area contributed by atoms with Crippen LogP contribution in [-0.4, -0.2) is 4.57 Å². The van der Waals surface area contributed by atoms with Crippen LogP contribution >= 0.6 is 0 Å². The predicted octanol–water partition coefficient (Wildman–Crippen LogP) is 13.9. The molecule has 0 bridgehead atoms. The third kappa shape index (κ3) is 5.99.